The molecular formula is C25H26N4O4S. The van der Waals surface area contributed by atoms with Gasteiger partial charge in [0, 0.05) is 31.4 Å². The van der Waals surface area contributed by atoms with Crippen molar-refractivity contribution < 1.29 is 19.0 Å². The summed E-state index contributed by atoms with van der Waals surface area (Å²) in [7, 11) is 6.64. The summed E-state index contributed by atoms with van der Waals surface area (Å²) in [6.07, 6.45) is 4.36. The number of rotatable bonds is 9. The zero-order valence-corrected chi connectivity index (χ0v) is 20.3. The molecule has 1 amide bonds. The summed E-state index contributed by atoms with van der Waals surface area (Å²) in [4.78, 5) is 22.9. The third-order valence-corrected chi connectivity index (χ3v) is 6.32. The maximum absolute atomic E-state index is 12.8. The molecule has 4 aromatic rings. The van der Waals surface area contributed by atoms with Gasteiger partial charge in [0.1, 0.15) is 0 Å². The Balaban J connectivity index is 1.54. The Morgan fingerprint density at radius 2 is 1.79 bits per heavy atom. The molecular weight excluding hydrogens is 452 g/mol. The molecule has 176 valence electrons. The van der Waals surface area contributed by atoms with Crippen LogP contribution in [0.1, 0.15) is 12.0 Å². The number of methoxy groups -OCH3 is 3. The summed E-state index contributed by atoms with van der Waals surface area (Å²) in [6.45, 7) is 0. The lowest BCUT2D eigenvalue weighted by Crippen LogP contribution is -2.12. The lowest BCUT2D eigenvalue weighted by atomic mass is 10.1. The smallest absolute Gasteiger partial charge is 0.226 e. The molecule has 2 heterocycles. The zero-order valence-electron chi connectivity index (χ0n) is 19.5. The molecule has 0 saturated carbocycles. The largest absolute Gasteiger partial charge is 0.493 e. The van der Waals surface area contributed by atoms with Crippen LogP contribution in [-0.4, -0.2) is 41.8 Å². The van der Waals surface area contributed by atoms with Gasteiger partial charge in [-0.2, -0.15) is 0 Å². The summed E-state index contributed by atoms with van der Waals surface area (Å²) >= 11 is 1.41. The Morgan fingerprint density at radius 3 is 2.44 bits per heavy atom. The van der Waals surface area contributed by atoms with E-state index in [2.05, 4.69) is 10.3 Å². The number of anilines is 1. The number of carbonyl (C=O) groups is 1. The van der Waals surface area contributed by atoms with E-state index in [1.54, 1.807) is 33.6 Å². The molecule has 2 aromatic heterocycles. The monoisotopic (exact) mass is 478 g/mol. The highest BCUT2D eigenvalue weighted by atomic mass is 32.1. The van der Waals surface area contributed by atoms with Gasteiger partial charge in [0.15, 0.2) is 22.5 Å². The van der Waals surface area contributed by atoms with Crippen LogP contribution < -0.4 is 19.5 Å². The first-order valence-corrected chi connectivity index (χ1v) is 11.5. The second-order valence-corrected chi connectivity index (χ2v) is 8.47. The van der Waals surface area contributed by atoms with Crippen molar-refractivity contribution in [3.63, 3.8) is 0 Å². The number of amides is 1. The van der Waals surface area contributed by atoms with Crippen LogP contribution in [-0.2, 0) is 18.3 Å². The van der Waals surface area contributed by atoms with Crippen LogP contribution in [0.15, 0.2) is 54.9 Å². The Labute approximate surface area is 202 Å². The van der Waals surface area contributed by atoms with Crippen molar-refractivity contribution in [2.75, 3.05) is 26.6 Å². The van der Waals surface area contributed by atoms with Crippen LogP contribution in [0, 0.1) is 0 Å². The first-order chi connectivity index (χ1) is 16.5. The fraction of sp³-hybridized carbons (Fsp3) is 0.240. The third kappa shape index (κ3) is 4.74. The van der Waals surface area contributed by atoms with Gasteiger partial charge in [-0.3, -0.25) is 4.79 Å². The molecule has 1 N–H and O–H groups in total. The molecule has 34 heavy (non-hydrogen) atoms. The molecule has 2 aromatic carbocycles. The number of carbonyl (C=O) groups excluding carboxylic acids is 1. The van der Waals surface area contributed by atoms with E-state index in [9.17, 15) is 4.79 Å². The van der Waals surface area contributed by atoms with Crippen molar-refractivity contribution in [2.45, 2.75) is 12.8 Å². The number of imidazole rings is 1. The van der Waals surface area contributed by atoms with Crippen molar-refractivity contribution >= 4 is 22.4 Å². The molecule has 0 radical (unpaired) electrons. The van der Waals surface area contributed by atoms with Gasteiger partial charge >= 0.3 is 0 Å². The zero-order chi connectivity index (χ0) is 24.1. The summed E-state index contributed by atoms with van der Waals surface area (Å²) in [5.41, 5.74) is 2.61. The number of thiazole rings is 1. The molecule has 0 unspecified atom stereocenters. The predicted octanol–water partition coefficient (Wildman–Crippen LogP) is 4.81. The van der Waals surface area contributed by atoms with E-state index in [0.29, 0.717) is 28.8 Å². The quantitative estimate of drug-likeness (QED) is 0.372. The molecule has 9 heteroatoms. The number of aryl methyl sites for hydroxylation is 2. The van der Waals surface area contributed by atoms with Gasteiger partial charge in [-0.15, -0.1) is 0 Å². The van der Waals surface area contributed by atoms with E-state index in [1.807, 2.05) is 54.2 Å². The van der Waals surface area contributed by atoms with Crippen LogP contribution in [0.25, 0.3) is 22.0 Å². The number of hydrogen-bond donors (Lipinski definition) is 1. The molecule has 0 spiro atoms. The van der Waals surface area contributed by atoms with Gasteiger partial charge < -0.3 is 24.1 Å². The highest BCUT2D eigenvalue weighted by Gasteiger charge is 2.20. The standard InChI is InChI=1S/C25H26N4O4S/c1-29-15-14-26-24(29)23-20(16-8-6-5-7-9-16)28-25(34-23)27-19(30)13-11-17-10-12-18(31-2)22(33-4)21(17)32-3/h5-10,12,14-15H,11,13H2,1-4H3,(H,27,28,30). The molecule has 0 bridgehead atoms. The van der Waals surface area contributed by atoms with Crippen molar-refractivity contribution in [2.24, 2.45) is 7.05 Å². The number of ether oxygens (including phenoxy) is 3. The van der Waals surface area contributed by atoms with E-state index < -0.39 is 0 Å². The van der Waals surface area contributed by atoms with Gasteiger partial charge in [0.25, 0.3) is 0 Å². The van der Waals surface area contributed by atoms with Gasteiger partial charge in [-0.05, 0) is 18.1 Å². The first kappa shape index (κ1) is 23.3. The number of nitrogens with one attached hydrogen (secondary N) is 1. The average Bonchev–Trinajstić information content (AvgIpc) is 3.48. The lowest BCUT2D eigenvalue weighted by molar-refractivity contribution is -0.116. The van der Waals surface area contributed by atoms with Crippen molar-refractivity contribution in [3.8, 4) is 39.2 Å². The maximum atomic E-state index is 12.8. The first-order valence-electron chi connectivity index (χ1n) is 10.7. The second-order valence-electron chi connectivity index (χ2n) is 7.47. The van der Waals surface area contributed by atoms with Crippen LogP contribution in [0.3, 0.4) is 0 Å². The Kier molecular flexibility index (Phi) is 7.12. The molecule has 0 aliphatic rings. The number of benzene rings is 2. The van der Waals surface area contributed by atoms with Crippen molar-refractivity contribution in [3.05, 3.63) is 60.4 Å². The van der Waals surface area contributed by atoms with E-state index >= 15 is 0 Å². The Bertz CT molecular complexity index is 1280. The van der Waals surface area contributed by atoms with Gasteiger partial charge in [0.05, 0.1) is 31.9 Å². The minimum Gasteiger partial charge on any atom is -0.493 e. The summed E-state index contributed by atoms with van der Waals surface area (Å²) in [5, 5.41) is 3.48. The normalized spacial score (nSPS) is 10.7. The van der Waals surface area contributed by atoms with Crippen LogP contribution >= 0.6 is 11.3 Å². The minimum atomic E-state index is -0.142. The number of hydrogen-bond acceptors (Lipinski definition) is 7. The van der Waals surface area contributed by atoms with Gasteiger partial charge in [0.2, 0.25) is 11.7 Å². The molecule has 0 aliphatic carbocycles. The second kappa shape index (κ2) is 10.4. The van der Waals surface area contributed by atoms with E-state index in [4.69, 9.17) is 19.2 Å². The topological polar surface area (TPSA) is 87.5 Å². The lowest BCUT2D eigenvalue weighted by Gasteiger charge is -2.15. The fourth-order valence-electron chi connectivity index (χ4n) is 3.69. The van der Waals surface area contributed by atoms with E-state index in [-0.39, 0.29) is 12.3 Å². The van der Waals surface area contributed by atoms with Crippen molar-refractivity contribution in [1.29, 1.82) is 0 Å². The Hall–Kier alpha value is -3.85. The molecule has 0 aliphatic heterocycles. The maximum Gasteiger partial charge on any atom is 0.226 e. The van der Waals surface area contributed by atoms with Crippen molar-refractivity contribution in [1.82, 2.24) is 14.5 Å². The minimum absolute atomic E-state index is 0.142. The van der Waals surface area contributed by atoms with Gasteiger partial charge in [-0.1, -0.05) is 47.7 Å². The average molecular weight is 479 g/mol. The predicted molar refractivity (Wildman–Crippen MR) is 133 cm³/mol. The fourth-order valence-corrected chi connectivity index (χ4v) is 4.73. The van der Waals surface area contributed by atoms with Gasteiger partial charge in [-0.25, -0.2) is 9.97 Å². The Morgan fingerprint density at radius 1 is 1.03 bits per heavy atom. The highest BCUT2D eigenvalue weighted by molar-refractivity contribution is 7.19. The highest BCUT2D eigenvalue weighted by Crippen LogP contribution is 2.41. The van der Waals surface area contributed by atoms with E-state index in [1.165, 1.54) is 11.3 Å². The SMILES string of the molecule is COc1ccc(CCC(=O)Nc2nc(-c3ccccc3)c(-c3nccn3C)s2)c(OC)c1OC. The van der Waals surface area contributed by atoms with Crippen LogP contribution in [0.4, 0.5) is 5.13 Å². The molecule has 8 nitrogen and oxygen atoms in total. The van der Waals surface area contributed by atoms with Crippen LogP contribution in [0.2, 0.25) is 0 Å². The summed E-state index contributed by atoms with van der Waals surface area (Å²) < 4.78 is 18.2. The molecule has 4 rings (SSSR count). The molecule has 0 atom stereocenters. The summed E-state index contributed by atoms with van der Waals surface area (Å²) in [5.74, 6) is 2.30. The summed E-state index contributed by atoms with van der Waals surface area (Å²) in [6, 6.07) is 13.6. The van der Waals surface area contributed by atoms with E-state index in [0.717, 1.165) is 27.5 Å². The number of aromatic nitrogens is 3. The third-order valence-electron chi connectivity index (χ3n) is 5.35. The molecule has 0 saturated heterocycles. The van der Waals surface area contributed by atoms with Crippen LogP contribution in [0.5, 0.6) is 17.2 Å². The number of nitrogens with zero attached hydrogens (tertiary/aromatic N) is 3. The molecule has 0 fully saturated rings.